The van der Waals surface area contributed by atoms with Crippen molar-refractivity contribution in [2.24, 2.45) is 5.73 Å². The van der Waals surface area contributed by atoms with E-state index in [0.717, 1.165) is 103 Å². The third-order valence-corrected chi connectivity index (χ3v) is 12.9. The summed E-state index contributed by atoms with van der Waals surface area (Å²) in [4.78, 5) is 35.2. The Hall–Kier alpha value is -3.07. The van der Waals surface area contributed by atoms with E-state index in [0.29, 0.717) is 6.42 Å². The first-order chi connectivity index (χ1) is 34.8. The van der Waals surface area contributed by atoms with Gasteiger partial charge in [0.05, 0.1) is 13.2 Å². The average Bonchev–Trinajstić information content (AvgIpc) is 3.36. The molecule has 0 saturated heterocycles. The standard InChI is InChI=1S/C61H106NO8P/c1-3-5-7-9-11-13-15-17-19-21-23-25-27-28-29-30-32-34-36-38-40-42-44-46-48-50-52-54-61(64)70-59(58-69-71(65,66)68-56-55-62)57-67-60(63)53-51-49-47-45-43-41-39-37-35-33-31-26-24-22-20-18-16-14-12-10-8-6-4-2/h5,7,11,13,16-19,22-25,28-29,31,33,59H,3-4,6,8-10,12,14-15,20-21,26-27,30,32,34-58,62H2,1-2H3,(H,65,66)/b7-5-,13-11-,18-16-,19-17-,24-22-,25-23-,29-28-,33-31-. The van der Waals surface area contributed by atoms with Crippen LogP contribution in [0.25, 0.3) is 0 Å². The maximum Gasteiger partial charge on any atom is 0.472 e. The third kappa shape index (κ3) is 56.1. The highest BCUT2D eigenvalue weighted by Gasteiger charge is 2.26. The van der Waals surface area contributed by atoms with Crippen LogP contribution in [0.4, 0.5) is 0 Å². The summed E-state index contributed by atoms with van der Waals surface area (Å²) in [5.41, 5.74) is 5.38. The summed E-state index contributed by atoms with van der Waals surface area (Å²) in [7, 11) is -4.40. The van der Waals surface area contributed by atoms with Gasteiger partial charge in [-0.05, 0) is 96.3 Å². The van der Waals surface area contributed by atoms with Crippen molar-refractivity contribution in [3.05, 3.63) is 97.2 Å². The molecule has 0 aromatic carbocycles. The van der Waals surface area contributed by atoms with E-state index in [-0.39, 0.29) is 32.6 Å². The molecule has 0 aliphatic rings. The molecule has 71 heavy (non-hydrogen) atoms. The molecule has 10 heteroatoms. The van der Waals surface area contributed by atoms with Crippen LogP contribution in [0, 0.1) is 0 Å². The van der Waals surface area contributed by atoms with Crippen molar-refractivity contribution >= 4 is 19.8 Å². The lowest BCUT2D eigenvalue weighted by molar-refractivity contribution is -0.161. The van der Waals surface area contributed by atoms with Crippen LogP contribution < -0.4 is 5.73 Å². The Morgan fingerprint density at radius 1 is 0.437 bits per heavy atom. The molecule has 2 unspecified atom stereocenters. The molecule has 0 aliphatic carbocycles. The quantitative estimate of drug-likeness (QED) is 0.0264. The first-order valence-corrected chi connectivity index (χ1v) is 30.2. The minimum atomic E-state index is -4.40. The van der Waals surface area contributed by atoms with Crippen LogP contribution in [0.2, 0.25) is 0 Å². The lowest BCUT2D eigenvalue weighted by atomic mass is 10.0. The van der Waals surface area contributed by atoms with Crippen LogP contribution >= 0.6 is 7.82 Å². The van der Waals surface area contributed by atoms with Gasteiger partial charge in [0, 0.05) is 19.4 Å². The van der Waals surface area contributed by atoms with E-state index in [1.54, 1.807) is 0 Å². The number of ether oxygens (including phenoxy) is 2. The lowest BCUT2D eigenvalue weighted by Gasteiger charge is -2.19. The van der Waals surface area contributed by atoms with Crippen LogP contribution in [0.5, 0.6) is 0 Å². The van der Waals surface area contributed by atoms with E-state index in [9.17, 15) is 19.0 Å². The molecular weight excluding hydrogens is 906 g/mol. The van der Waals surface area contributed by atoms with Crippen LogP contribution in [0.15, 0.2) is 97.2 Å². The number of nitrogens with two attached hydrogens (primary N) is 1. The third-order valence-electron chi connectivity index (χ3n) is 12.0. The van der Waals surface area contributed by atoms with Crippen LogP contribution in [-0.4, -0.2) is 49.3 Å². The average molecular weight is 1010 g/mol. The second-order valence-electron chi connectivity index (χ2n) is 18.8. The Kier molecular flexibility index (Phi) is 53.8. The van der Waals surface area contributed by atoms with Gasteiger partial charge in [0.25, 0.3) is 0 Å². The number of esters is 2. The first-order valence-electron chi connectivity index (χ1n) is 28.7. The number of allylic oxidation sites excluding steroid dienone is 16. The predicted octanol–water partition coefficient (Wildman–Crippen LogP) is 18.1. The molecule has 0 spiro atoms. The van der Waals surface area contributed by atoms with Gasteiger partial charge in [-0.3, -0.25) is 18.6 Å². The molecule has 0 radical (unpaired) electrons. The monoisotopic (exact) mass is 1010 g/mol. The summed E-state index contributed by atoms with van der Waals surface area (Å²) in [5.74, 6) is -0.841. The zero-order valence-electron chi connectivity index (χ0n) is 45.4. The summed E-state index contributed by atoms with van der Waals surface area (Å²) < 4.78 is 33.0. The second kappa shape index (κ2) is 56.2. The maximum absolute atomic E-state index is 12.7. The maximum atomic E-state index is 12.7. The summed E-state index contributed by atoms with van der Waals surface area (Å²) >= 11 is 0. The topological polar surface area (TPSA) is 134 Å². The SMILES string of the molecule is CC/C=C\C/C=C\C/C=C\C/C=C\C/C=C\CCCCCCCCCCCCCC(=O)OC(COC(=O)CCCCCCCCCC/C=C\C/C=C\C/C=C\CCCCCCC)COP(=O)(O)OCCN. The van der Waals surface area contributed by atoms with Gasteiger partial charge >= 0.3 is 19.8 Å². The molecule has 3 N–H and O–H groups in total. The predicted molar refractivity (Wildman–Crippen MR) is 302 cm³/mol. The molecule has 9 nitrogen and oxygen atoms in total. The first kappa shape index (κ1) is 67.9. The summed E-state index contributed by atoms with van der Waals surface area (Å²) in [5, 5.41) is 0. The Labute approximate surface area is 436 Å². The smallest absolute Gasteiger partial charge is 0.462 e. The van der Waals surface area contributed by atoms with Crippen molar-refractivity contribution in [2.45, 2.75) is 251 Å². The van der Waals surface area contributed by atoms with Crippen molar-refractivity contribution in [3.63, 3.8) is 0 Å². The highest BCUT2D eigenvalue weighted by Crippen LogP contribution is 2.43. The van der Waals surface area contributed by atoms with E-state index in [4.69, 9.17) is 24.3 Å². The van der Waals surface area contributed by atoms with Gasteiger partial charge in [0.2, 0.25) is 0 Å². The molecule has 0 heterocycles. The largest absolute Gasteiger partial charge is 0.472 e. The van der Waals surface area contributed by atoms with E-state index < -0.39 is 32.5 Å². The molecule has 408 valence electrons. The second-order valence-corrected chi connectivity index (χ2v) is 20.2. The van der Waals surface area contributed by atoms with Crippen molar-refractivity contribution in [2.75, 3.05) is 26.4 Å². The zero-order valence-corrected chi connectivity index (χ0v) is 46.3. The van der Waals surface area contributed by atoms with Crippen molar-refractivity contribution in [3.8, 4) is 0 Å². The van der Waals surface area contributed by atoms with Gasteiger partial charge in [-0.2, -0.15) is 0 Å². The van der Waals surface area contributed by atoms with Gasteiger partial charge in [-0.1, -0.05) is 233 Å². The number of carbonyl (C=O) groups is 2. The molecule has 0 aromatic rings. The van der Waals surface area contributed by atoms with E-state index >= 15 is 0 Å². The van der Waals surface area contributed by atoms with Crippen molar-refractivity contribution in [1.29, 1.82) is 0 Å². The Balaban J connectivity index is 4.03. The highest BCUT2D eigenvalue weighted by atomic mass is 31.2. The zero-order chi connectivity index (χ0) is 51.7. The van der Waals surface area contributed by atoms with Gasteiger partial charge in [-0.25, -0.2) is 4.57 Å². The van der Waals surface area contributed by atoms with E-state index in [2.05, 4.69) is 111 Å². The van der Waals surface area contributed by atoms with Gasteiger partial charge in [0.1, 0.15) is 6.61 Å². The Morgan fingerprint density at radius 2 is 0.775 bits per heavy atom. The van der Waals surface area contributed by atoms with E-state index in [1.807, 2.05) is 0 Å². The number of rotatable bonds is 53. The van der Waals surface area contributed by atoms with Gasteiger partial charge < -0.3 is 20.1 Å². The normalized spacial score (nSPS) is 13.8. The molecule has 0 saturated carbocycles. The minimum Gasteiger partial charge on any atom is -0.462 e. The number of unbranched alkanes of at least 4 members (excludes halogenated alkanes) is 24. The fraction of sp³-hybridized carbons (Fsp3) is 0.705. The fourth-order valence-electron chi connectivity index (χ4n) is 7.73. The molecule has 0 aliphatic heterocycles. The summed E-state index contributed by atoms with van der Waals surface area (Å²) in [6.07, 6.45) is 74.5. The molecule has 0 amide bonds. The fourth-order valence-corrected chi connectivity index (χ4v) is 8.49. The molecule has 0 bridgehead atoms. The molecule has 2 atom stereocenters. The van der Waals surface area contributed by atoms with Crippen molar-refractivity contribution in [1.82, 2.24) is 0 Å². The molecular formula is C61H106NO8P. The highest BCUT2D eigenvalue weighted by molar-refractivity contribution is 7.47. The Bertz CT molecular complexity index is 1480. The number of carbonyl (C=O) groups excluding carboxylic acids is 2. The number of phosphoric acid groups is 1. The van der Waals surface area contributed by atoms with Crippen LogP contribution in [0.1, 0.15) is 245 Å². The molecule has 0 fully saturated rings. The summed E-state index contributed by atoms with van der Waals surface area (Å²) in [6, 6.07) is 0. The molecule has 0 aromatic heterocycles. The number of hydrogen-bond acceptors (Lipinski definition) is 8. The van der Waals surface area contributed by atoms with Crippen LogP contribution in [-0.2, 0) is 32.7 Å². The van der Waals surface area contributed by atoms with Gasteiger partial charge in [0.15, 0.2) is 6.10 Å². The summed E-state index contributed by atoms with van der Waals surface area (Å²) in [6.45, 7) is 3.61. The van der Waals surface area contributed by atoms with E-state index in [1.165, 1.54) is 109 Å². The lowest BCUT2D eigenvalue weighted by Crippen LogP contribution is -2.29. The number of hydrogen-bond donors (Lipinski definition) is 2. The Morgan fingerprint density at radius 3 is 1.15 bits per heavy atom. The number of phosphoric ester groups is 1. The van der Waals surface area contributed by atoms with Crippen molar-refractivity contribution < 1.29 is 37.6 Å². The van der Waals surface area contributed by atoms with Gasteiger partial charge in [-0.15, -0.1) is 0 Å². The minimum absolute atomic E-state index is 0.0474. The molecule has 0 rings (SSSR count). The van der Waals surface area contributed by atoms with Crippen LogP contribution in [0.3, 0.4) is 0 Å².